The van der Waals surface area contributed by atoms with Crippen LogP contribution in [0.2, 0.25) is 5.02 Å². The van der Waals surface area contributed by atoms with Crippen LogP contribution < -0.4 is 9.80 Å². The second-order valence-electron chi connectivity index (χ2n) is 7.95. The first-order valence-electron chi connectivity index (χ1n) is 10.5. The molecule has 2 aliphatic rings. The first kappa shape index (κ1) is 21.3. The van der Waals surface area contributed by atoms with Gasteiger partial charge in [-0.25, -0.2) is 18.4 Å². The van der Waals surface area contributed by atoms with Gasteiger partial charge in [-0.3, -0.25) is 0 Å². The van der Waals surface area contributed by atoms with Crippen LogP contribution in [-0.4, -0.2) is 62.0 Å². The Labute approximate surface area is 183 Å². The Hall–Kier alpha value is -1.90. The van der Waals surface area contributed by atoms with E-state index in [0.717, 1.165) is 36.1 Å². The normalized spacial score (nSPS) is 18.6. The number of aryl methyl sites for hydroxylation is 1. The number of piperazine rings is 1. The molecule has 3 heterocycles. The number of aromatic nitrogens is 2. The summed E-state index contributed by atoms with van der Waals surface area (Å²) in [5.74, 6) is 2.62. The summed E-state index contributed by atoms with van der Waals surface area (Å²) in [5.41, 5.74) is 0.749. The van der Waals surface area contributed by atoms with E-state index in [2.05, 4.69) is 25.8 Å². The third-order valence-electron chi connectivity index (χ3n) is 5.71. The Balaban J connectivity index is 1.41. The Morgan fingerprint density at radius 3 is 2.03 bits per heavy atom. The molecule has 0 unspecified atom stereocenters. The van der Waals surface area contributed by atoms with Crippen LogP contribution >= 0.6 is 11.6 Å². The predicted molar refractivity (Wildman–Crippen MR) is 121 cm³/mol. The zero-order valence-corrected chi connectivity index (χ0v) is 18.9. The monoisotopic (exact) mass is 449 g/mol. The molecular weight excluding hydrogens is 422 g/mol. The molecule has 1 aromatic heterocycles. The molecule has 4 rings (SSSR count). The quantitative estimate of drug-likeness (QED) is 0.698. The minimum atomic E-state index is -3.37. The molecule has 0 saturated carbocycles. The molecule has 2 aromatic rings. The third-order valence-corrected chi connectivity index (χ3v) is 7.81. The van der Waals surface area contributed by atoms with E-state index >= 15 is 0 Å². The fourth-order valence-corrected chi connectivity index (χ4v) is 5.70. The maximum atomic E-state index is 12.8. The first-order chi connectivity index (χ1) is 14.4. The van der Waals surface area contributed by atoms with Crippen molar-refractivity contribution in [1.82, 2.24) is 14.3 Å². The highest BCUT2D eigenvalue weighted by Crippen LogP contribution is 2.24. The zero-order valence-electron chi connectivity index (χ0n) is 17.3. The van der Waals surface area contributed by atoms with Gasteiger partial charge in [0.1, 0.15) is 17.5 Å². The molecule has 2 fully saturated rings. The largest absolute Gasteiger partial charge is 0.356 e. The molecule has 0 atom stereocenters. The van der Waals surface area contributed by atoms with Gasteiger partial charge in [0.2, 0.25) is 10.0 Å². The molecule has 0 radical (unpaired) electrons. The number of rotatable bonds is 5. The van der Waals surface area contributed by atoms with E-state index in [0.29, 0.717) is 31.2 Å². The molecule has 2 saturated heterocycles. The fraction of sp³-hybridized carbons (Fsp3) is 0.524. The van der Waals surface area contributed by atoms with Gasteiger partial charge in [-0.05, 0) is 43.9 Å². The third kappa shape index (κ3) is 5.04. The summed E-state index contributed by atoms with van der Waals surface area (Å²) in [6.45, 7) is 6.14. The fourth-order valence-electron chi connectivity index (χ4n) is 4.06. The van der Waals surface area contributed by atoms with E-state index in [4.69, 9.17) is 11.6 Å². The number of sulfonamides is 1. The predicted octanol–water partition coefficient (Wildman–Crippen LogP) is 3.08. The molecule has 7 nitrogen and oxygen atoms in total. The van der Waals surface area contributed by atoms with Crippen LogP contribution in [0.15, 0.2) is 30.3 Å². The van der Waals surface area contributed by atoms with Crippen molar-refractivity contribution >= 4 is 33.3 Å². The van der Waals surface area contributed by atoms with Crippen LogP contribution in [-0.2, 0) is 15.8 Å². The zero-order chi connectivity index (χ0) is 21.1. The summed E-state index contributed by atoms with van der Waals surface area (Å²) in [7, 11) is -3.37. The van der Waals surface area contributed by atoms with Crippen molar-refractivity contribution in [2.75, 3.05) is 49.1 Å². The Morgan fingerprint density at radius 2 is 1.43 bits per heavy atom. The van der Waals surface area contributed by atoms with Gasteiger partial charge in [0.05, 0.1) is 5.75 Å². The highest BCUT2D eigenvalue weighted by atomic mass is 35.5. The van der Waals surface area contributed by atoms with E-state index in [9.17, 15) is 8.42 Å². The van der Waals surface area contributed by atoms with Crippen LogP contribution in [0.1, 0.15) is 30.7 Å². The first-order valence-corrected chi connectivity index (χ1v) is 12.5. The lowest BCUT2D eigenvalue weighted by atomic mass is 10.1. The van der Waals surface area contributed by atoms with E-state index < -0.39 is 10.0 Å². The highest BCUT2D eigenvalue weighted by Gasteiger charge is 2.28. The maximum absolute atomic E-state index is 12.8. The molecule has 30 heavy (non-hydrogen) atoms. The van der Waals surface area contributed by atoms with Crippen molar-refractivity contribution in [3.63, 3.8) is 0 Å². The van der Waals surface area contributed by atoms with Crippen molar-refractivity contribution in [2.24, 2.45) is 0 Å². The summed E-state index contributed by atoms with van der Waals surface area (Å²) in [6.07, 6.45) is 3.67. The minimum absolute atomic E-state index is 0.00408. The van der Waals surface area contributed by atoms with Gasteiger partial charge in [0.15, 0.2) is 0 Å². The van der Waals surface area contributed by atoms with Crippen LogP contribution in [0.3, 0.4) is 0 Å². The minimum Gasteiger partial charge on any atom is -0.356 e. The van der Waals surface area contributed by atoms with Gasteiger partial charge in [-0.15, -0.1) is 0 Å². The van der Waals surface area contributed by atoms with Gasteiger partial charge in [-0.2, -0.15) is 4.31 Å². The SMILES string of the molecule is Cc1nc(N2CCCCC2)cc(N2CCN(S(=O)(=O)Cc3ccc(Cl)cc3)CC2)n1. The number of piperidine rings is 1. The van der Waals surface area contributed by atoms with E-state index in [1.807, 2.05) is 6.92 Å². The van der Waals surface area contributed by atoms with Crippen LogP contribution in [0, 0.1) is 6.92 Å². The second kappa shape index (κ2) is 9.08. The number of hydrogen-bond acceptors (Lipinski definition) is 6. The molecule has 0 N–H and O–H groups in total. The molecular formula is C21H28ClN5O2S. The second-order valence-corrected chi connectivity index (χ2v) is 10.4. The van der Waals surface area contributed by atoms with Crippen molar-refractivity contribution in [3.05, 3.63) is 46.7 Å². The van der Waals surface area contributed by atoms with E-state index in [1.54, 1.807) is 28.6 Å². The number of anilines is 2. The molecule has 9 heteroatoms. The van der Waals surface area contributed by atoms with Crippen molar-refractivity contribution in [1.29, 1.82) is 0 Å². The number of halogens is 1. The lowest BCUT2D eigenvalue weighted by molar-refractivity contribution is 0.383. The Kier molecular flexibility index (Phi) is 6.46. The molecule has 0 amide bonds. The standard InChI is InChI=1S/C21H28ClN5O2S/c1-17-23-20(25-9-3-2-4-10-25)15-21(24-17)26-11-13-27(14-12-26)30(28,29)16-18-5-7-19(22)8-6-18/h5-8,15H,2-4,9-14,16H2,1H3. The van der Waals surface area contributed by atoms with Crippen molar-refractivity contribution < 1.29 is 8.42 Å². The smallest absolute Gasteiger partial charge is 0.218 e. The summed E-state index contributed by atoms with van der Waals surface area (Å²) >= 11 is 5.90. The average molecular weight is 450 g/mol. The number of benzene rings is 1. The van der Waals surface area contributed by atoms with Gasteiger partial charge in [-0.1, -0.05) is 23.7 Å². The number of hydrogen-bond donors (Lipinski definition) is 0. The summed E-state index contributed by atoms with van der Waals surface area (Å²) in [6, 6.07) is 9.03. The maximum Gasteiger partial charge on any atom is 0.218 e. The van der Waals surface area contributed by atoms with Gasteiger partial charge < -0.3 is 9.80 Å². The highest BCUT2D eigenvalue weighted by molar-refractivity contribution is 7.88. The van der Waals surface area contributed by atoms with Gasteiger partial charge in [0, 0.05) is 50.4 Å². The van der Waals surface area contributed by atoms with Gasteiger partial charge in [0.25, 0.3) is 0 Å². The summed E-state index contributed by atoms with van der Waals surface area (Å²) in [5, 5.41) is 0.605. The molecule has 0 spiro atoms. The van der Waals surface area contributed by atoms with Gasteiger partial charge >= 0.3 is 0 Å². The molecule has 1 aromatic carbocycles. The van der Waals surface area contributed by atoms with E-state index in [1.165, 1.54) is 19.3 Å². The lowest BCUT2D eigenvalue weighted by Crippen LogP contribution is -2.49. The van der Waals surface area contributed by atoms with Crippen LogP contribution in [0.25, 0.3) is 0 Å². The molecule has 0 bridgehead atoms. The molecule has 2 aliphatic heterocycles. The van der Waals surface area contributed by atoms with Crippen LogP contribution in [0.4, 0.5) is 11.6 Å². The Morgan fingerprint density at radius 1 is 0.867 bits per heavy atom. The average Bonchev–Trinajstić information content (AvgIpc) is 2.75. The summed E-state index contributed by atoms with van der Waals surface area (Å²) in [4.78, 5) is 13.7. The van der Waals surface area contributed by atoms with Crippen LogP contribution in [0.5, 0.6) is 0 Å². The Bertz CT molecular complexity index is 969. The van der Waals surface area contributed by atoms with Crippen molar-refractivity contribution in [2.45, 2.75) is 31.9 Å². The topological polar surface area (TPSA) is 69.6 Å². The molecule has 162 valence electrons. The lowest BCUT2D eigenvalue weighted by Gasteiger charge is -2.35. The molecule has 0 aliphatic carbocycles. The number of nitrogens with zero attached hydrogens (tertiary/aromatic N) is 5. The summed E-state index contributed by atoms with van der Waals surface area (Å²) < 4.78 is 27.3. The van der Waals surface area contributed by atoms with Crippen molar-refractivity contribution in [3.8, 4) is 0 Å². The van der Waals surface area contributed by atoms with E-state index in [-0.39, 0.29) is 5.75 Å².